The maximum absolute atomic E-state index is 5.58. The van der Waals surface area contributed by atoms with E-state index in [1.165, 1.54) is 12.8 Å². The molecule has 0 amide bonds. The number of aromatic amines is 1. The molecule has 1 aliphatic rings. The molecule has 1 aliphatic heterocycles. The summed E-state index contributed by atoms with van der Waals surface area (Å²) in [6.07, 6.45) is 2.44. The van der Waals surface area contributed by atoms with Gasteiger partial charge in [-0.25, -0.2) is 0 Å². The minimum atomic E-state index is 0.597. The first-order valence-electron chi connectivity index (χ1n) is 4.83. The van der Waals surface area contributed by atoms with Gasteiger partial charge in [-0.05, 0) is 12.8 Å². The van der Waals surface area contributed by atoms with Gasteiger partial charge in [-0.15, -0.1) is 0 Å². The molecule has 14 heavy (non-hydrogen) atoms. The van der Waals surface area contributed by atoms with Crippen molar-refractivity contribution in [3.63, 3.8) is 0 Å². The number of hydrogen-bond donors (Lipinski definition) is 2. The lowest BCUT2D eigenvalue weighted by atomic mass is 10.4. The van der Waals surface area contributed by atoms with Gasteiger partial charge in [0, 0.05) is 19.2 Å². The van der Waals surface area contributed by atoms with Gasteiger partial charge in [-0.3, -0.25) is 0 Å². The number of H-pyrrole nitrogens is 1. The van der Waals surface area contributed by atoms with Gasteiger partial charge in [-0.2, -0.15) is 4.98 Å². The molecule has 1 fully saturated rings. The highest BCUT2D eigenvalue weighted by molar-refractivity contribution is 5.75. The smallest absolute Gasteiger partial charge is 0.299 e. The first kappa shape index (κ1) is 7.73. The number of rotatable bonds is 1. The van der Waals surface area contributed by atoms with E-state index in [-0.39, 0.29) is 0 Å². The zero-order valence-electron chi connectivity index (χ0n) is 7.79. The van der Waals surface area contributed by atoms with Gasteiger partial charge >= 0.3 is 0 Å². The van der Waals surface area contributed by atoms with Gasteiger partial charge < -0.3 is 20.0 Å². The number of oxazole rings is 1. The van der Waals surface area contributed by atoms with Crippen LogP contribution in [0.3, 0.4) is 0 Å². The summed E-state index contributed by atoms with van der Waals surface area (Å²) in [5.74, 6) is 0.597. The van der Waals surface area contributed by atoms with E-state index in [1.807, 2.05) is 0 Å². The molecule has 0 aromatic carbocycles. The highest BCUT2D eigenvalue weighted by Crippen LogP contribution is 2.25. The molecule has 3 N–H and O–H groups in total. The van der Waals surface area contributed by atoms with E-state index in [9.17, 15) is 0 Å². The molecule has 3 heterocycles. The normalized spacial score (nSPS) is 17.0. The molecule has 2 aromatic rings. The average molecular weight is 192 g/mol. The fourth-order valence-electron chi connectivity index (χ4n) is 1.87. The Bertz CT molecular complexity index is 421. The Kier molecular flexibility index (Phi) is 1.47. The zero-order chi connectivity index (χ0) is 9.54. The summed E-state index contributed by atoms with van der Waals surface area (Å²) >= 11 is 0. The Labute approximate surface area is 80.9 Å². The largest absolute Gasteiger partial charge is 0.422 e. The summed E-state index contributed by atoms with van der Waals surface area (Å²) in [6.45, 7) is 2.08. The number of aromatic nitrogens is 2. The van der Waals surface area contributed by atoms with Crippen molar-refractivity contribution < 1.29 is 4.42 Å². The Hall–Kier alpha value is -1.65. The summed E-state index contributed by atoms with van der Waals surface area (Å²) in [7, 11) is 0. The van der Waals surface area contributed by atoms with E-state index in [1.54, 1.807) is 6.07 Å². The topological polar surface area (TPSA) is 71.1 Å². The van der Waals surface area contributed by atoms with Crippen LogP contribution in [-0.4, -0.2) is 23.1 Å². The molecule has 0 saturated carbocycles. The number of nitrogens with zero attached hydrogens (tertiary/aromatic N) is 2. The van der Waals surface area contributed by atoms with Crippen LogP contribution in [0.25, 0.3) is 11.2 Å². The molecular formula is C9H12N4O. The van der Waals surface area contributed by atoms with Crippen molar-refractivity contribution in [1.29, 1.82) is 0 Å². The molecule has 0 bridgehead atoms. The Morgan fingerprint density at radius 2 is 2.21 bits per heavy atom. The number of fused-ring (bicyclic) bond motifs is 1. The molecule has 0 spiro atoms. The number of nitrogen functional groups attached to an aromatic ring is 1. The van der Waals surface area contributed by atoms with Gasteiger partial charge in [0.2, 0.25) is 0 Å². The lowest BCUT2D eigenvalue weighted by molar-refractivity contribution is 0.586. The predicted octanol–water partition coefficient (Wildman–Crippen LogP) is 1.34. The van der Waals surface area contributed by atoms with Crippen LogP contribution >= 0.6 is 0 Å². The molecule has 0 radical (unpaired) electrons. The summed E-state index contributed by atoms with van der Waals surface area (Å²) in [5, 5.41) is 0. The van der Waals surface area contributed by atoms with Crippen molar-refractivity contribution >= 4 is 23.1 Å². The van der Waals surface area contributed by atoms with E-state index in [0.717, 1.165) is 24.3 Å². The zero-order valence-corrected chi connectivity index (χ0v) is 7.79. The molecule has 0 atom stereocenters. The number of nitrogens with two attached hydrogens (primary N) is 1. The van der Waals surface area contributed by atoms with E-state index in [2.05, 4.69) is 14.9 Å². The number of anilines is 2. The van der Waals surface area contributed by atoms with E-state index >= 15 is 0 Å². The number of hydrogen-bond acceptors (Lipinski definition) is 4. The summed E-state index contributed by atoms with van der Waals surface area (Å²) in [6, 6.07) is 2.48. The van der Waals surface area contributed by atoms with Crippen LogP contribution in [-0.2, 0) is 0 Å². The van der Waals surface area contributed by atoms with Gasteiger partial charge in [0.05, 0.1) is 0 Å². The van der Waals surface area contributed by atoms with E-state index in [0.29, 0.717) is 11.8 Å². The molecule has 1 saturated heterocycles. The van der Waals surface area contributed by atoms with E-state index in [4.69, 9.17) is 10.2 Å². The maximum Gasteiger partial charge on any atom is 0.299 e. The lowest BCUT2D eigenvalue weighted by Crippen LogP contribution is -2.17. The van der Waals surface area contributed by atoms with Crippen molar-refractivity contribution in [1.82, 2.24) is 9.97 Å². The number of nitrogens with one attached hydrogen (secondary N) is 1. The third kappa shape index (κ3) is 1.05. The van der Waals surface area contributed by atoms with Gasteiger partial charge in [-0.1, -0.05) is 0 Å². The highest BCUT2D eigenvalue weighted by Gasteiger charge is 2.18. The van der Waals surface area contributed by atoms with Crippen molar-refractivity contribution in [3.05, 3.63) is 6.07 Å². The van der Waals surface area contributed by atoms with Crippen LogP contribution < -0.4 is 10.6 Å². The first-order chi connectivity index (χ1) is 6.83. The predicted molar refractivity (Wildman–Crippen MR) is 54.2 cm³/mol. The summed E-state index contributed by atoms with van der Waals surface area (Å²) in [5.41, 5.74) is 7.05. The van der Waals surface area contributed by atoms with Gasteiger partial charge in [0.15, 0.2) is 11.2 Å². The van der Waals surface area contributed by atoms with Crippen LogP contribution in [0.2, 0.25) is 0 Å². The average Bonchev–Trinajstić information content (AvgIpc) is 2.74. The molecule has 5 nitrogen and oxygen atoms in total. The van der Waals surface area contributed by atoms with E-state index < -0.39 is 0 Å². The van der Waals surface area contributed by atoms with Crippen LogP contribution in [0.15, 0.2) is 10.5 Å². The Balaban J connectivity index is 2.01. The molecule has 2 aromatic heterocycles. The Morgan fingerprint density at radius 3 is 2.93 bits per heavy atom. The summed E-state index contributed by atoms with van der Waals surface area (Å²) < 4.78 is 5.58. The van der Waals surface area contributed by atoms with Crippen molar-refractivity contribution in [2.45, 2.75) is 12.8 Å². The molecule has 74 valence electrons. The molecule has 0 unspecified atom stereocenters. The van der Waals surface area contributed by atoms with Crippen LogP contribution in [0.1, 0.15) is 12.8 Å². The third-order valence-electron chi connectivity index (χ3n) is 2.57. The van der Waals surface area contributed by atoms with Crippen molar-refractivity contribution in [2.24, 2.45) is 0 Å². The van der Waals surface area contributed by atoms with Crippen LogP contribution in [0.4, 0.5) is 11.8 Å². The third-order valence-corrected chi connectivity index (χ3v) is 2.57. The summed E-state index contributed by atoms with van der Waals surface area (Å²) in [4.78, 5) is 9.44. The highest BCUT2D eigenvalue weighted by atomic mass is 16.4. The van der Waals surface area contributed by atoms with Gasteiger partial charge in [0.1, 0.15) is 5.82 Å². The maximum atomic E-state index is 5.58. The van der Waals surface area contributed by atoms with Crippen LogP contribution in [0, 0.1) is 0 Å². The van der Waals surface area contributed by atoms with Gasteiger partial charge in [0.25, 0.3) is 6.01 Å². The Morgan fingerprint density at radius 1 is 1.43 bits per heavy atom. The minimum absolute atomic E-state index is 0.597. The second-order valence-electron chi connectivity index (χ2n) is 3.63. The minimum Gasteiger partial charge on any atom is -0.422 e. The molecule has 3 rings (SSSR count). The lowest BCUT2D eigenvalue weighted by Gasteiger charge is -2.10. The quantitative estimate of drug-likeness (QED) is 0.715. The molecular weight excluding hydrogens is 180 g/mol. The fraction of sp³-hybridized carbons (Fsp3) is 0.444. The standard InChI is InChI=1S/C9H12N4O/c10-7-5-6-8(11-7)12-9(14-6)13-3-1-2-4-13/h5,11H,1-4,10H2. The second kappa shape index (κ2) is 2.67. The fourth-order valence-corrected chi connectivity index (χ4v) is 1.87. The van der Waals surface area contributed by atoms with Crippen molar-refractivity contribution in [2.75, 3.05) is 23.7 Å². The molecule has 5 heteroatoms. The monoisotopic (exact) mass is 192 g/mol. The first-order valence-corrected chi connectivity index (χ1v) is 4.83. The molecule has 0 aliphatic carbocycles. The SMILES string of the molecule is Nc1cc2oc(N3CCCC3)nc2[nH]1. The second-order valence-corrected chi connectivity index (χ2v) is 3.63. The van der Waals surface area contributed by atoms with Crippen molar-refractivity contribution in [3.8, 4) is 0 Å². The van der Waals surface area contributed by atoms with Crippen LogP contribution in [0.5, 0.6) is 0 Å².